The number of rotatable bonds is 7. The van der Waals surface area contributed by atoms with Gasteiger partial charge in [0.15, 0.2) is 5.78 Å². The Labute approximate surface area is 182 Å². The van der Waals surface area contributed by atoms with Crippen molar-refractivity contribution in [2.24, 2.45) is 0 Å². The number of alkyl carbamates (subject to hydrolysis) is 1. The van der Waals surface area contributed by atoms with Crippen LogP contribution < -0.4 is 5.32 Å². The van der Waals surface area contributed by atoms with Crippen molar-refractivity contribution >= 4 is 17.8 Å². The van der Waals surface area contributed by atoms with Crippen molar-refractivity contribution in [2.45, 2.75) is 58.7 Å². The molecule has 8 nitrogen and oxygen atoms in total. The summed E-state index contributed by atoms with van der Waals surface area (Å²) < 4.78 is 6.96. The van der Waals surface area contributed by atoms with Gasteiger partial charge >= 0.3 is 6.09 Å². The van der Waals surface area contributed by atoms with Gasteiger partial charge in [-0.15, -0.1) is 0 Å². The van der Waals surface area contributed by atoms with E-state index in [0.717, 1.165) is 5.56 Å². The highest BCUT2D eigenvalue weighted by Crippen LogP contribution is 2.23. The van der Waals surface area contributed by atoms with Crippen molar-refractivity contribution < 1.29 is 19.1 Å². The maximum atomic E-state index is 13.2. The van der Waals surface area contributed by atoms with Gasteiger partial charge in [0.05, 0.1) is 23.8 Å². The van der Waals surface area contributed by atoms with Crippen LogP contribution in [0.25, 0.3) is 0 Å². The molecule has 2 aromatic rings. The van der Waals surface area contributed by atoms with Crippen molar-refractivity contribution in [3.63, 3.8) is 0 Å². The van der Waals surface area contributed by atoms with E-state index >= 15 is 0 Å². The molecule has 31 heavy (non-hydrogen) atoms. The van der Waals surface area contributed by atoms with Crippen molar-refractivity contribution in [1.82, 2.24) is 20.0 Å². The van der Waals surface area contributed by atoms with E-state index in [1.807, 2.05) is 30.3 Å². The number of likely N-dealkylation sites (tertiary alicyclic amines) is 1. The van der Waals surface area contributed by atoms with E-state index in [-0.39, 0.29) is 24.8 Å². The summed E-state index contributed by atoms with van der Waals surface area (Å²) in [5, 5.41) is 7.13. The molecule has 1 N–H and O–H groups in total. The normalized spacial score (nSPS) is 16.5. The van der Waals surface area contributed by atoms with Crippen LogP contribution in [-0.2, 0) is 16.1 Å². The SMILES string of the molecule is Cc1nn(Cc2ccccc2)cc1C(=O)C1CCC(=O)N1CCNC(=O)OC(C)(C)C. The third-order valence-electron chi connectivity index (χ3n) is 5.05. The first-order valence-electron chi connectivity index (χ1n) is 10.5. The Morgan fingerprint density at radius 1 is 1.23 bits per heavy atom. The summed E-state index contributed by atoms with van der Waals surface area (Å²) >= 11 is 0. The Kier molecular flexibility index (Phi) is 6.77. The fourth-order valence-corrected chi connectivity index (χ4v) is 3.67. The lowest BCUT2D eigenvalue weighted by Gasteiger charge is -2.24. The van der Waals surface area contributed by atoms with Crippen LogP contribution in [0, 0.1) is 6.92 Å². The van der Waals surface area contributed by atoms with E-state index < -0.39 is 17.7 Å². The number of aromatic nitrogens is 2. The summed E-state index contributed by atoms with van der Waals surface area (Å²) in [6.07, 6.45) is 2.00. The van der Waals surface area contributed by atoms with E-state index in [0.29, 0.717) is 30.6 Å². The van der Waals surface area contributed by atoms with Crippen LogP contribution in [0.5, 0.6) is 0 Å². The second-order valence-corrected chi connectivity index (χ2v) is 8.75. The van der Waals surface area contributed by atoms with Gasteiger partial charge < -0.3 is 15.0 Å². The molecule has 2 heterocycles. The van der Waals surface area contributed by atoms with Gasteiger partial charge in [0.2, 0.25) is 5.91 Å². The topological polar surface area (TPSA) is 93.5 Å². The molecule has 1 unspecified atom stereocenters. The van der Waals surface area contributed by atoms with E-state index in [4.69, 9.17) is 4.74 Å². The molecular weight excluding hydrogens is 396 g/mol. The van der Waals surface area contributed by atoms with E-state index in [1.54, 1.807) is 43.5 Å². The molecular formula is C23H30N4O4. The van der Waals surface area contributed by atoms with Crippen molar-refractivity contribution in [1.29, 1.82) is 0 Å². The van der Waals surface area contributed by atoms with Crippen LogP contribution in [0.1, 0.15) is 55.2 Å². The van der Waals surface area contributed by atoms with Gasteiger partial charge in [-0.25, -0.2) is 4.79 Å². The van der Waals surface area contributed by atoms with Gasteiger partial charge in [0.1, 0.15) is 5.60 Å². The number of benzene rings is 1. The van der Waals surface area contributed by atoms with Crippen molar-refractivity contribution in [2.75, 3.05) is 13.1 Å². The molecule has 1 saturated heterocycles. The zero-order chi connectivity index (χ0) is 22.6. The number of hydrogen-bond donors (Lipinski definition) is 1. The van der Waals surface area contributed by atoms with Gasteiger partial charge in [0.25, 0.3) is 0 Å². The molecule has 0 bridgehead atoms. The molecule has 2 amide bonds. The summed E-state index contributed by atoms with van der Waals surface area (Å²) in [7, 11) is 0. The molecule has 1 fully saturated rings. The first kappa shape index (κ1) is 22.5. The second-order valence-electron chi connectivity index (χ2n) is 8.75. The monoisotopic (exact) mass is 426 g/mol. The molecule has 0 spiro atoms. The fraction of sp³-hybridized carbons (Fsp3) is 0.478. The van der Waals surface area contributed by atoms with Gasteiger partial charge in [-0.2, -0.15) is 5.10 Å². The lowest BCUT2D eigenvalue weighted by Crippen LogP contribution is -2.44. The van der Waals surface area contributed by atoms with Gasteiger partial charge in [0, 0.05) is 25.7 Å². The lowest BCUT2D eigenvalue weighted by molar-refractivity contribution is -0.128. The number of nitrogens with zero attached hydrogens (tertiary/aromatic N) is 3. The zero-order valence-electron chi connectivity index (χ0n) is 18.6. The molecule has 0 saturated carbocycles. The quantitative estimate of drug-likeness (QED) is 0.687. The Morgan fingerprint density at radius 3 is 2.61 bits per heavy atom. The Hall–Kier alpha value is -3.16. The summed E-state index contributed by atoms with van der Waals surface area (Å²) in [6, 6.07) is 9.36. The number of carbonyl (C=O) groups is 3. The number of Topliss-reactive ketones (excluding diaryl/α,β-unsaturated/α-hetero) is 1. The van der Waals surface area contributed by atoms with Crippen LogP contribution in [0.15, 0.2) is 36.5 Å². The van der Waals surface area contributed by atoms with Crippen LogP contribution in [0.3, 0.4) is 0 Å². The summed E-state index contributed by atoms with van der Waals surface area (Å²) in [5.41, 5.74) is 1.67. The average Bonchev–Trinajstić information content (AvgIpc) is 3.23. The highest BCUT2D eigenvalue weighted by atomic mass is 16.6. The average molecular weight is 427 g/mol. The Bertz CT molecular complexity index is 946. The minimum atomic E-state index is -0.594. The molecule has 0 radical (unpaired) electrons. The van der Waals surface area contributed by atoms with E-state index in [1.165, 1.54) is 0 Å². The molecule has 1 aromatic heterocycles. The van der Waals surface area contributed by atoms with Gasteiger partial charge in [-0.3, -0.25) is 14.3 Å². The van der Waals surface area contributed by atoms with E-state index in [9.17, 15) is 14.4 Å². The number of nitrogens with one attached hydrogen (secondary N) is 1. The smallest absolute Gasteiger partial charge is 0.407 e. The number of carbonyl (C=O) groups excluding carboxylic acids is 3. The second kappa shape index (κ2) is 9.32. The fourth-order valence-electron chi connectivity index (χ4n) is 3.67. The number of amides is 2. The first-order valence-corrected chi connectivity index (χ1v) is 10.5. The number of ether oxygens (including phenoxy) is 1. The molecule has 8 heteroatoms. The first-order chi connectivity index (χ1) is 14.6. The molecule has 166 valence electrons. The lowest BCUT2D eigenvalue weighted by atomic mass is 10.0. The molecule has 3 rings (SSSR count). The third-order valence-corrected chi connectivity index (χ3v) is 5.05. The highest BCUT2D eigenvalue weighted by molar-refractivity contribution is 6.04. The number of ketones is 1. The minimum Gasteiger partial charge on any atom is -0.444 e. The Morgan fingerprint density at radius 2 is 1.94 bits per heavy atom. The van der Waals surface area contributed by atoms with Crippen LogP contribution >= 0.6 is 0 Å². The third kappa shape index (κ3) is 5.93. The molecule has 1 aromatic carbocycles. The number of aryl methyl sites for hydroxylation is 1. The van der Waals surface area contributed by atoms with Crippen LogP contribution in [0.2, 0.25) is 0 Å². The molecule has 1 atom stereocenters. The molecule has 1 aliphatic heterocycles. The van der Waals surface area contributed by atoms with Crippen molar-refractivity contribution in [3.8, 4) is 0 Å². The zero-order valence-corrected chi connectivity index (χ0v) is 18.6. The largest absolute Gasteiger partial charge is 0.444 e. The van der Waals surface area contributed by atoms with Crippen LogP contribution in [-0.4, -0.2) is 57.2 Å². The molecule has 1 aliphatic rings. The summed E-state index contributed by atoms with van der Waals surface area (Å²) in [4.78, 5) is 39.0. The predicted molar refractivity (Wildman–Crippen MR) is 116 cm³/mol. The predicted octanol–water partition coefficient (Wildman–Crippen LogP) is 2.94. The maximum Gasteiger partial charge on any atom is 0.407 e. The van der Waals surface area contributed by atoms with Gasteiger partial charge in [-0.1, -0.05) is 30.3 Å². The van der Waals surface area contributed by atoms with Crippen LogP contribution in [0.4, 0.5) is 4.79 Å². The summed E-state index contributed by atoms with van der Waals surface area (Å²) in [6.45, 7) is 8.20. The summed E-state index contributed by atoms with van der Waals surface area (Å²) in [5.74, 6) is -0.196. The number of hydrogen-bond acceptors (Lipinski definition) is 5. The van der Waals surface area contributed by atoms with Gasteiger partial charge in [-0.05, 0) is 39.7 Å². The molecule has 0 aliphatic carbocycles. The van der Waals surface area contributed by atoms with E-state index in [2.05, 4.69) is 10.4 Å². The standard InChI is InChI=1S/C23H30N4O4/c1-16-18(15-26(25-16)14-17-8-6-5-7-9-17)21(29)19-10-11-20(28)27(19)13-12-24-22(30)31-23(2,3)4/h5-9,15,19H,10-14H2,1-4H3,(H,24,30). The minimum absolute atomic E-state index is 0.0846. The van der Waals surface area contributed by atoms with Crippen molar-refractivity contribution in [3.05, 3.63) is 53.3 Å². The highest BCUT2D eigenvalue weighted by Gasteiger charge is 2.37. The Balaban J connectivity index is 1.63. The maximum absolute atomic E-state index is 13.2.